The SMILES string of the molecule is N#Cc1ccc(NCCF)nc1. The quantitative estimate of drug-likeness (QED) is 0.735. The second-order valence-corrected chi connectivity index (χ2v) is 2.16. The Morgan fingerprint density at radius 2 is 2.42 bits per heavy atom. The number of anilines is 1. The van der Waals surface area contributed by atoms with E-state index in [1.54, 1.807) is 12.1 Å². The molecule has 0 spiro atoms. The summed E-state index contributed by atoms with van der Waals surface area (Å²) in [6.07, 6.45) is 1.45. The summed E-state index contributed by atoms with van der Waals surface area (Å²) in [5, 5.41) is 11.2. The maximum atomic E-state index is 11.7. The van der Waals surface area contributed by atoms with Crippen LogP contribution < -0.4 is 5.32 Å². The zero-order valence-corrected chi connectivity index (χ0v) is 6.42. The normalized spacial score (nSPS) is 9.00. The van der Waals surface area contributed by atoms with Gasteiger partial charge in [-0.1, -0.05) is 0 Å². The van der Waals surface area contributed by atoms with E-state index in [0.717, 1.165) is 0 Å². The van der Waals surface area contributed by atoms with Crippen molar-refractivity contribution >= 4 is 5.82 Å². The molecule has 1 rings (SSSR count). The zero-order valence-electron chi connectivity index (χ0n) is 6.42. The van der Waals surface area contributed by atoms with Crippen LogP contribution in [-0.4, -0.2) is 18.2 Å². The number of alkyl halides is 1. The maximum Gasteiger partial charge on any atom is 0.126 e. The number of nitriles is 1. The predicted octanol–water partition coefficient (Wildman–Crippen LogP) is 1.33. The van der Waals surface area contributed by atoms with E-state index in [1.165, 1.54) is 6.20 Å². The molecule has 0 aromatic carbocycles. The Labute approximate surface area is 69.9 Å². The van der Waals surface area contributed by atoms with Crippen molar-refractivity contribution in [1.82, 2.24) is 4.98 Å². The molecule has 0 fully saturated rings. The first-order valence-corrected chi connectivity index (χ1v) is 3.53. The minimum Gasteiger partial charge on any atom is -0.367 e. The van der Waals surface area contributed by atoms with Crippen molar-refractivity contribution in [3.8, 4) is 6.07 Å². The Balaban J connectivity index is 2.60. The molecular formula is C8H8FN3. The summed E-state index contributed by atoms with van der Waals surface area (Å²) < 4.78 is 11.7. The number of nitrogens with one attached hydrogen (secondary N) is 1. The molecular weight excluding hydrogens is 157 g/mol. The standard InChI is InChI=1S/C8H8FN3/c9-3-4-11-8-2-1-7(5-10)6-12-8/h1-2,6H,3-4H2,(H,11,12). The van der Waals surface area contributed by atoms with Crippen molar-refractivity contribution in [2.45, 2.75) is 0 Å². The Bertz CT molecular complexity index is 275. The molecule has 0 saturated carbocycles. The number of nitrogens with zero attached hydrogens (tertiary/aromatic N) is 2. The average molecular weight is 165 g/mol. The topological polar surface area (TPSA) is 48.7 Å². The van der Waals surface area contributed by atoms with E-state index in [9.17, 15) is 4.39 Å². The van der Waals surface area contributed by atoms with E-state index < -0.39 is 6.67 Å². The van der Waals surface area contributed by atoms with Gasteiger partial charge in [-0.15, -0.1) is 0 Å². The molecule has 0 aliphatic rings. The van der Waals surface area contributed by atoms with Crippen LogP contribution in [0.2, 0.25) is 0 Å². The highest BCUT2D eigenvalue weighted by molar-refractivity contribution is 5.38. The maximum absolute atomic E-state index is 11.7. The van der Waals surface area contributed by atoms with Crippen molar-refractivity contribution in [2.75, 3.05) is 18.5 Å². The Morgan fingerprint density at radius 3 is 2.92 bits per heavy atom. The van der Waals surface area contributed by atoms with Crippen molar-refractivity contribution in [1.29, 1.82) is 5.26 Å². The van der Waals surface area contributed by atoms with Gasteiger partial charge in [0.05, 0.1) is 5.56 Å². The molecule has 0 bridgehead atoms. The highest BCUT2D eigenvalue weighted by atomic mass is 19.1. The number of pyridine rings is 1. The summed E-state index contributed by atoms with van der Waals surface area (Å²) in [4.78, 5) is 3.89. The van der Waals surface area contributed by atoms with Crippen molar-refractivity contribution in [2.24, 2.45) is 0 Å². The van der Waals surface area contributed by atoms with Crippen LogP contribution >= 0.6 is 0 Å². The summed E-state index contributed by atoms with van der Waals surface area (Å²) in [6.45, 7) is -0.180. The van der Waals surface area contributed by atoms with Crippen LogP contribution in [-0.2, 0) is 0 Å². The number of rotatable bonds is 3. The third kappa shape index (κ3) is 2.20. The lowest BCUT2D eigenvalue weighted by Gasteiger charge is -2.00. The van der Waals surface area contributed by atoms with Gasteiger partial charge in [0.15, 0.2) is 0 Å². The summed E-state index contributed by atoms with van der Waals surface area (Å²) in [7, 11) is 0. The van der Waals surface area contributed by atoms with Gasteiger partial charge in [0.2, 0.25) is 0 Å². The average Bonchev–Trinajstić information content (AvgIpc) is 2.15. The van der Waals surface area contributed by atoms with Crippen molar-refractivity contribution in [3.05, 3.63) is 23.9 Å². The molecule has 1 N–H and O–H groups in total. The third-order valence-corrected chi connectivity index (χ3v) is 1.29. The van der Waals surface area contributed by atoms with Crippen LogP contribution in [0.25, 0.3) is 0 Å². The van der Waals surface area contributed by atoms with Gasteiger partial charge in [0, 0.05) is 12.7 Å². The van der Waals surface area contributed by atoms with E-state index in [1.807, 2.05) is 6.07 Å². The molecule has 0 unspecified atom stereocenters. The fraction of sp³-hybridized carbons (Fsp3) is 0.250. The van der Waals surface area contributed by atoms with Crippen molar-refractivity contribution < 1.29 is 4.39 Å². The summed E-state index contributed by atoms with van der Waals surface area (Å²) >= 11 is 0. The number of aromatic nitrogens is 1. The summed E-state index contributed by atoms with van der Waals surface area (Å²) in [6, 6.07) is 5.23. The Morgan fingerprint density at radius 1 is 1.58 bits per heavy atom. The van der Waals surface area contributed by atoms with Gasteiger partial charge in [-0.3, -0.25) is 0 Å². The predicted molar refractivity (Wildman–Crippen MR) is 43.4 cm³/mol. The lowest BCUT2D eigenvalue weighted by atomic mass is 10.3. The molecule has 1 aromatic heterocycles. The van der Waals surface area contributed by atoms with Crippen LogP contribution in [0, 0.1) is 11.3 Å². The van der Waals surface area contributed by atoms with Gasteiger partial charge in [-0.2, -0.15) is 5.26 Å². The molecule has 0 amide bonds. The fourth-order valence-corrected chi connectivity index (χ4v) is 0.740. The van der Waals surface area contributed by atoms with Crippen molar-refractivity contribution in [3.63, 3.8) is 0 Å². The second-order valence-electron chi connectivity index (χ2n) is 2.16. The van der Waals surface area contributed by atoms with Gasteiger partial charge >= 0.3 is 0 Å². The van der Waals surface area contributed by atoms with Gasteiger partial charge in [0.1, 0.15) is 18.6 Å². The number of hydrogen-bond acceptors (Lipinski definition) is 3. The Kier molecular flexibility index (Phi) is 3.03. The Hall–Kier alpha value is -1.63. The van der Waals surface area contributed by atoms with Crippen LogP contribution in [0.4, 0.5) is 10.2 Å². The smallest absolute Gasteiger partial charge is 0.126 e. The van der Waals surface area contributed by atoms with Gasteiger partial charge in [-0.05, 0) is 12.1 Å². The minimum absolute atomic E-state index is 0.249. The fourth-order valence-electron chi connectivity index (χ4n) is 0.740. The van der Waals surface area contributed by atoms with E-state index in [2.05, 4.69) is 10.3 Å². The van der Waals surface area contributed by atoms with Gasteiger partial charge in [-0.25, -0.2) is 9.37 Å². The highest BCUT2D eigenvalue weighted by Crippen LogP contribution is 2.02. The van der Waals surface area contributed by atoms with Crippen LogP contribution in [0.15, 0.2) is 18.3 Å². The monoisotopic (exact) mass is 165 g/mol. The first-order valence-electron chi connectivity index (χ1n) is 3.53. The zero-order chi connectivity index (χ0) is 8.81. The van der Waals surface area contributed by atoms with Gasteiger partial charge in [0.25, 0.3) is 0 Å². The molecule has 0 saturated heterocycles. The van der Waals surface area contributed by atoms with Crippen LogP contribution in [0.3, 0.4) is 0 Å². The molecule has 0 aliphatic heterocycles. The number of hydrogen-bond donors (Lipinski definition) is 1. The molecule has 0 radical (unpaired) electrons. The minimum atomic E-state index is -0.429. The van der Waals surface area contributed by atoms with E-state index >= 15 is 0 Å². The molecule has 1 aromatic rings. The first-order chi connectivity index (χ1) is 5.86. The third-order valence-electron chi connectivity index (χ3n) is 1.29. The molecule has 3 nitrogen and oxygen atoms in total. The molecule has 0 aliphatic carbocycles. The molecule has 4 heteroatoms. The van der Waals surface area contributed by atoms with E-state index in [0.29, 0.717) is 11.4 Å². The first kappa shape index (κ1) is 8.47. The van der Waals surface area contributed by atoms with E-state index in [-0.39, 0.29) is 6.54 Å². The van der Waals surface area contributed by atoms with Crippen LogP contribution in [0.5, 0.6) is 0 Å². The van der Waals surface area contributed by atoms with E-state index in [4.69, 9.17) is 5.26 Å². The molecule has 1 heterocycles. The molecule has 0 atom stereocenters. The summed E-state index contributed by atoms with van der Waals surface area (Å²) in [5.41, 5.74) is 0.501. The van der Waals surface area contributed by atoms with Gasteiger partial charge < -0.3 is 5.32 Å². The summed E-state index contributed by atoms with van der Waals surface area (Å²) in [5.74, 6) is 0.589. The second kappa shape index (κ2) is 4.29. The number of halogens is 1. The lowest BCUT2D eigenvalue weighted by Crippen LogP contribution is -2.04. The van der Waals surface area contributed by atoms with Crippen LogP contribution in [0.1, 0.15) is 5.56 Å². The highest BCUT2D eigenvalue weighted by Gasteiger charge is 1.92. The largest absolute Gasteiger partial charge is 0.367 e. The molecule has 62 valence electrons. The molecule has 12 heavy (non-hydrogen) atoms. The lowest BCUT2D eigenvalue weighted by molar-refractivity contribution is 0.512.